The van der Waals surface area contributed by atoms with Gasteiger partial charge in [-0.25, -0.2) is 4.39 Å². The number of rotatable bonds is 5. The summed E-state index contributed by atoms with van der Waals surface area (Å²) in [5.74, 6) is -1.47. The Morgan fingerprint density at radius 2 is 1.71 bits per heavy atom. The molecule has 0 spiro atoms. The molecule has 7 heteroatoms. The Hall–Kier alpha value is -3.06. The summed E-state index contributed by atoms with van der Waals surface area (Å²) in [6.07, 6.45) is -0.254. The fourth-order valence-electron chi connectivity index (χ4n) is 4.51. The van der Waals surface area contributed by atoms with Crippen LogP contribution in [-0.2, 0) is 26.3 Å². The number of halogens is 1. The molecule has 0 aromatic heterocycles. The van der Waals surface area contributed by atoms with Crippen LogP contribution in [0, 0.1) is 5.82 Å². The molecule has 2 aromatic rings. The van der Waals surface area contributed by atoms with Crippen molar-refractivity contribution in [3.05, 3.63) is 71.5 Å². The molecule has 4 rings (SSSR count). The molecule has 6 nitrogen and oxygen atoms in total. The van der Waals surface area contributed by atoms with Crippen molar-refractivity contribution in [2.45, 2.75) is 24.8 Å². The Bertz CT molecular complexity index is 989. The molecule has 0 saturated carbocycles. The van der Waals surface area contributed by atoms with E-state index in [0.29, 0.717) is 18.7 Å². The highest BCUT2D eigenvalue weighted by atomic mass is 19.1. The van der Waals surface area contributed by atoms with Gasteiger partial charge in [0.15, 0.2) is 0 Å². The Morgan fingerprint density at radius 1 is 1.00 bits per heavy atom. The number of hydrogen-bond donors (Lipinski definition) is 0. The van der Waals surface area contributed by atoms with Crippen LogP contribution in [0.3, 0.4) is 0 Å². The summed E-state index contributed by atoms with van der Waals surface area (Å²) in [5, 5.41) is 0. The molecule has 1 atom stereocenters. The van der Waals surface area contributed by atoms with Crippen LogP contribution in [0.4, 0.5) is 4.39 Å². The zero-order valence-corrected chi connectivity index (χ0v) is 17.6. The minimum Gasteiger partial charge on any atom is -0.340 e. The second-order valence-corrected chi connectivity index (χ2v) is 8.35. The highest BCUT2D eigenvalue weighted by Crippen LogP contribution is 2.40. The predicted octanol–water partition coefficient (Wildman–Crippen LogP) is 2.19. The third kappa shape index (κ3) is 4.23. The van der Waals surface area contributed by atoms with Crippen molar-refractivity contribution in [2.24, 2.45) is 0 Å². The summed E-state index contributed by atoms with van der Waals surface area (Å²) in [4.78, 5) is 43.6. The maximum Gasteiger partial charge on any atom is 0.240 e. The average molecular weight is 423 g/mol. The molecular formula is C24H26FN3O3. The fourth-order valence-corrected chi connectivity index (χ4v) is 4.51. The van der Waals surface area contributed by atoms with Crippen LogP contribution in [-0.4, -0.2) is 65.6 Å². The van der Waals surface area contributed by atoms with Gasteiger partial charge < -0.3 is 4.90 Å². The summed E-state index contributed by atoms with van der Waals surface area (Å²) < 4.78 is 13.9. The maximum atomic E-state index is 13.9. The summed E-state index contributed by atoms with van der Waals surface area (Å²) in [7, 11) is 1.42. The van der Waals surface area contributed by atoms with Crippen LogP contribution in [0.5, 0.6) is 0 Å². The number of amides is 3. The van der Waals surface area contributed by atoms with Crippen molar-refractivity contribution in [3.63, 3.8) is 0 Å². The van der Waals surface area contributed by atoms with Crippen molar-refractivity contribution in [2.75, 3.05) is 33.2 Å². The number of hydrogen-bond acceptors (Lipinski definition) is 4. The number of likely N-dealkylation sites (N-methyl/N-ethyl adjacent to an activating group) is 1. The van der Waals surface area contributed by atoms with Gasteiger partial charge in [-0.3, -0.25) is 24.2 Å². The Balaban J connectivity index is 1.47. The normalized spacial score (nSPS) is 22.3. The quantitative estimate of drug-likeness (QED) is 0.692. The molecule has 0 aliphatic carbocycles. The molecule has 2 fully saturated rings. The molecule has 2 heterocycles. The van der Waals surface area contributed by atoms with Crippen molar-refractivity contribution in [3.8, 4) is 0 Å². The Labute approximate surface area is 181 Å². The molecule has 3 amide bonds. The van der Waals surface area contributed by atoms with Gasteiger partial charge in [-0.15, -0.1) is 0 Å². The van der Waals surface area contributed by atoms with E-state index in [0.717, 1.165) is 24.5 Å². The van der Waals surface area contributed by atoms with Crippen molar-refractivity contribution in [1.82, 2.24) is 14.7 Å². The van der Waals surface area contributed by atoms with Gasteiger partial charge in [0.25, 0.3) is 0 Å². The SMILES string of the molecule is CN1C(=O)CC(CC(=O)N2CCN(Cc3ccccc3)CC2)(c2cccc(F)c2)C1=O. The largest absolute Gasteiger partial charge is 0.340 e. The molecule has 2 aromatic carbocycles. The van der Waals surface area contributed by atoms with Gasteiger partial charge in [0, 0.05) is 52.6 Å². The third-order valence-corrected chi connectivity index (χ3v) is 6.35. The van der Waals surface area contributed by atoms with Gasteiger partial charge in [0.1, 0.15) is 5.82 Å². The van der Waals surface area contributed by atoms with E-state index in [4.69, 9.17) is 0 Å². The smallest absolute Gasteiger partial charge is 0.240 e. The zero-order valence-electron chi connectivity index (χ0n) is 17.6. The summed E-state index contributed by atoms with van der Waals surface area (Å²) >= 11 is 0. The standard InChI is InChI=1S/C24H26FN3O3/c1-26-21(29)15-24(23(26)31,19-8-5-9-20(25)14-19)16-22(30)28-12-10-27(11-13-28)17-18-6-3-2-4-7-18/h2-9,14H,10-13,15-17H2,1H3. The molecule has 0 radical (unpaired) electrons. The minimum absolute atomic E-state index is 0.120. The number of carbonyl (C=O) groups is 3. The molecular weight excluding hydrogens is 397 g/mol. The van der Waals surface area contributed by atoms with E-state index < -0.39 is 17.1 Å². The second kappa shape index (κ2) is 8.59. The fraction of sp³-hybridized carbons (Fsp3) is 0.375. The van der Waals surface area contributed by atoms with E-state index in [2.05, 4.69) is 17.0 Å². The molecule has 0 N–H and O–H groups in total. The number of likely N-dealkylation sites (tertiary alicyclic amines) is 1. The van der Waals surface area contributed by atoms with Gasteiger partial charge in [0.05, 0.1) is 5.41 Å². The van der Waals surface area contributed by atoms with E-state index in [1.165, 1.54) is 30.8 Å². The van der Waals surface area contributed by atoms with E-state index in [1.54, 1.807) is 11.0 Å². The zero-order chi connectivity index (χ0) is 22.0. The molecule has 2 saturated heterocycles. The van der Waals surface area contributed by atoms with Crippen LogP contribution in [0.1, 0.15) is 24.0 Å². The summed E-state index contributed by atoms with van der Waals surface area (Å²) in [6.45, 7) is 3.42. The number of carbonyl (C=O) groups excluding carboxylic acids is 3. The minimum atomic E-state index is -1.34. The molecule has 1 unspecified atom stereocenters. The highest BCUT2D eigenvalue weighted by molar-refractivity contribution is 6.10. The van der Waals surface area contributed by atoms with Gasteiger partial charge in [-0.2, -0.15) is 0 Å². The molecule has 31 heavy (non-hydrogen) atoms. The topological polar surface area (TPSA) is 60.9 Å². The van der Waals surface area contributed by atoms with Gasteiger partial charge in [-0.05, 0) is 23.3 Å². The van der Waals surface area contributed by atoms with Crippen molar-refractivity contribution < 1.29 is 18.8 Å². The predicted molar refractivity (Wildman–Crippen MR) is 113 cm³/mol. The average Bonchev–Trinajstić information content (AvgIpc) is 2.99. The first kappa shape index (κ1) is 21.2. The van der Waals surface area contributed by atoms with Crippen LogP contribution >= 0.6 is 0 Å². The third-order valence-electron chi connectivity index (χ3n) is 6.35. The number of piperazine rings is 1. The molecule has 162 valence electrons. The number of imide groups is 1. The van der Waals surface area contributed by atoms with E-state index in [1.807, 2.05) is 18.2 Å². The van der Waals surface area contributed by atoms with E-state index in [-0.39, 0.29) is 24.7 Å². The molecule has 0 bridgehead atoms. The lowest BCUT2D eigenvalue weighted by Crippen LogP contribution is -2.50. The van der Waals surface area contributed by atoms with Gasteiger partial charge in [0.2, 0.25) is 17.7 Å². The van der Waals surface area contributed by atoms with Gasteiger partial charge >= 0.3 is 0 Å². The lowest BCUT2D eigenvalue weighted by Gasteiger charge is -2.36. The van der Waals surface area contributed by atoms with Gasteiger partial charge in [-0.1, -0.05) is 42.5 Å². The van der Waals surface area contributed by atoms with E-state index >= 15 is 0 Å². The van der Waals surface area contributed by atoms with Crippen molar-refractivity contribution >= 4 is 17.7 Å². The molecule has 2 aliphatic heterocycles. The van der Waals surface area contributed by atoms with Crippen LogP contribution < -0.4 is 0 Å². The van der Waals surface area contributed by atoms with Crippen LogP contribution in [0.15, 0.2) is 54.6 Å². The lowest BCUT2D eigenvalue weighted by molar-refractivity contribution is -0.142. The summed E-state index contributed by atoms with van der Waals surface area (Å²) in [6, 6.07) is 15.9. The first-order chi connectivity index (χ1) is 14.9. The maximum absolute atomic E-state index is 13.9. The first-order valence-electron chi connectivity index (χ1n) is 10.5. The first-order valence-corrected chi connectivity index (χ1v) is 10.5. The lowest BCUT2D eigenvalue weighted by atomic mass is 9.75. The van der Waals surface area contributed by atoms with Crippen LogP contribution in [0.25, 0.3) is 0 Å². The van der Waals surface area contributed by atoms with Crippen LogP contribution in [0.2, 0.25) is 0 Å². The molecule has 2 aliphatic rings. The second-order valence-electron chi connectivity index (χ2n) is 8.35. The summed E-state index contributed by atoms with van der Waals surface area (Å²) in [5.41, 5.74) is 0.267. The highest BCUT2D eigenvalue weighted by Gasteiger charge is 2.53. The number of nitrogens with zero attached hydrogens (tertiary/aromatic N) is 3. The Morgan fingerprint density at radius 3 is 2.32 bits per heavy atom. The number of benzene rings is 2. The Kier molecular flexibility index (Phi) is 5.87. The monoisotopic (exact) mass is 423 g/mol. The van der Waals surface area contributed by atoms with Crippen molar-refractivity contribution in [1.29, 1.82) is 0 Å². The van der Waals surface area contributed by atoms with E-state index in [9.17, 15) is 18.8 Å².